The molecule has 1 heterocycles. The summed E-state index contributed by atoms with van der Waals surface area (Å²) in [4.78, 5) is 25.2. The first-order valence-electron chi connectivity index (χ1n) is 5.77. The largest absolute Gasteiger partial charge is 0.496 e. The first-order valence-corrected chi connectivity index (χ1v) is 5.77. The number of benzene rings is 1. The van der Waals surface area contributed by atoms with Gasteiger partial charge in [0.15, 0.2) is 0 Å². The number of hydrogen-bond donors (Lipinski definition) is 3. The number of methoxy groups -OCH3 is 1. The molecule has 0 fully saturated rings. The molecule has 0 aliphatic heterocycles. The summed E-state index contributed by atoms with van der Waals surface area (Å²) in [6.07, 6.45) is -0.102. The minimum absolute atomic E-state index is 0.0979. The van der Waals surface area contributed by atoms with Crippen LogP contribution in [-0.4, -0.2) is 35.6 Å². The molecule has 1 aromatic carbocycles. The van der Waals surface area contributed by atoms with Crippen LogP contribution in [0.5, 0.6) is 5.75 Å². The molecule has 2 aromatic rings. The fourth-order valence-corrected chi connectivity index (χ4v) is 1.81. The minimum atomic E-state index is -0.946. The number of aliphatic carboxylic acids is 1. The lowest BCUT2D eigenvalue weighted by Crippen LogP contribution is -2.26. The molecule has 19 heavy (non-hydrogen) atoms. The van der Waals surface area contributed by atoms with Gasteiger partial charge in [0.1, 0.15) is 11.4 Å². The number of ether oxygens (including phenoxy) is 1. The van der Waals surface area contributed by atoms with E-state index in [1.807, 2.05) is 18.2 Å². The summed E-state index contributed by atoms with van der Waals surface area (Å²) < 4.78 is 5.20. The minimum Gasteiger partial charge on any atom is -0.496 e. The molecule has 1 aromatic heterocycles. The fraction of sp³-hybridized carbons (Fsp3) is 0.231. The highest BCUT2D eigenvalue weighted by molar-refractivity contribution is 5.99. The summed E-state index contributed by atoms with van der Waals surface area (Å²) in [7, 11) is 1.56. The standard InChI is InChI=1S/C13H14N2O4/c1-19-11-4-2-3-9-8(11)7-10(15-9)13(18)14-6-5-12(16)17/h2-4,7,15H,5-6H2,1H3,(H,14,18)(H,16,17). The van der Waals surface area contributed by atoms with Gasteiger partial charge in [-0.1, -0.05) is 6.07 Å². The molecule has 0 saturated heterocycles. The van der Waals surface area contributed by atoms with Crippen LogP contribution in [-0.2, 0) is 4.79 Å². The third-order valence-electron chi connectivity index (χ3n) is 2.71. The normalized spacial score (nSPS) is 10.4. The second-order valence-electron chi connectivity index (χ2n) is 4.00. The zero-order chi connectivity index (χ0) is 13.8. The Hall–Kier alpha value is -2.50. The van der Waals surface area contributed by atoms with E-state index in [4.69, 9.17) is 9.84 Å². The second-order valence-corrected chi connectivity index (χ2v) is 4.00. The Bertz CT molecular complexity index is 618. The van der Waals surface area contributed by atoms with Crippen LogP contribution >= 0.6 is 0 Å². The molecule has 0 bridgehead atoms. The van der Waals surface area contributed by atoms with Crippen molar-refractivity contribution in [1.29, 1.82) is 0 Å². The number of aromatic amines is 1. The van der Waals surface area contributed by atoms with Gasteiger partial charge in [0.05, 0.1) is 13.5 Å². The average Bonchev–Trinajstić information content (AvgIpc) is 2.81. The topological polar surface area (TPSA) is 91.4 Å². The number of fused-ring (bicyclic) bond motifs is 1. The first-order chi connectivity index (χ1) is 9.11. The van der Waals surface area contributed by atoms with Crippen LogP contribution in [0, 0.1) is 0 Å². The molecule has 0 spiro atoms. The lowest BCUT2D eigenvalue weighted by Gasteiger charge is -2.00. The molecule has 3 N–H and O–H groups in total. The number of hydrogen-bond acceptors (Lipinski definition) is 3. The number of aromatic nitrogens is 1. The van der Waals surface area contributed by atoms with Gasteiger partial charge in [0.2, 0.25) is 0 Å². The second kappa shape index (κ2) is 5.43. The number of nitrogens with one attached hydrogen (secondary N) is 2. The van der Waals surface area contributed by atoms with Crippen molar-refractivity contribution in [2.24, 2.45) is 0 Å². The fourth-order valence-electron chi connectivity index (χ4n) is 1.81. The Labute approximate surface area is 109 Å². The molecule has 0 saturated carbocycles. The Morgan fingerprint density at radius 2 is 2.21 bits per heavy atom. The van der Waals surface area contributed by atoms with E-state index >= 15 is 0 Å². The highest BCUT2D eigenvalue weighted by Gasteiger charge is 2.11. The van der Waals surface area contributed by atoms with Crippen molar-refractivity contribution in [3.05, 3.63) is 30.0 Å². The molecule has 6 nitrogen and oxygen atoms in total. The average molecular weight is 262 g/mol. The van der Waals surface area contributed by atoms with Crippen LogP contribution < -0.4 is 10.1 Å². The van der Waals surface area contributed by atoms with Gasteiger partial charge in [-0.15, -0.1) is 0 Å². The molecule has 100 valence electrons. The zero-order valence-electron chi connectivity index (χ0n) is 10.4. The van der Waals surface area contributed by atoms with Crippen molar-refractivity contribution in [3.63, 3.8) is 0 Å². The molecule has 0 unspecified atom stereocenters. The van der Waals surface area contributed by atoms with Gasteiger partial charge in [0, 0.05) is 17.4 Å². The molecule has 2 rings (SSSR count). The lowest BCUT2D eigenvalue weighted by molar-refractivity contribution is -0.136. The van der Waals surface area contributed by atoms with E-state index in [2.05, 4.69) is 10.3 Å². The molecule has 0 aliphatic carbocycles. The van der Waals surface area contributed by atoms with E-state index in [0.29, 0.717) is 11.4 Å². The van der Waals surface area contributed by atoms with E-state index in [9.17, 15) is 9.59 Å². The zero-order valence-corrected chi connectivity index (χ0v) is 10.4. The van der Waals surface area contributed by atoms with E-state index in [1.54, 1.807) is 13.2 Å². The quantitative estimate of drug-likeness (QED) is 0.759. The maximum Gasteiger partial charge on any atom is 0.305 e. The van der Waals surface area contributed by atoms with Crippen LogP contribution in [0.2, 0.25) is 0 Å². The molecule has 0 atom stereocenters. The Kier molecular flexibility index (Phi) is 3.70. The van der Waals surface area contributed by atoms with Crippen LogP contribution in [0.3, 0.4) is 0 Å². The van der Waals surface area contributed by atoms with Crippen molar-refractivity contribution in [2.45, 2.75) is 6.42 Å². The number of carboxylic acids is 1. The van der Waals surface area contributed by atoms with Gasteiger partial charge >= 0.3 is 5.97 Å². The summed E-state index contributed by atoms with van der Waals surface area (Å²) in [6.45, 7) is 0.0979. The van der Waals surface area contributed by atoms with E-state index in [-0.39, 0.29) is 18.9 Å². The van der Waals surface area contributed by atoms with Crippen LogP contribution in [0.15, 0.2) is 24.3 Å². The van der Waals surface area contributed by atoms with Crippen LogP contribution in [0.1, 0.15) is 16.9 Å². The number of carbonyl (C=O) groups excluding carboxylic acids is 1. The first kappa shape index (κ1) is 12.9. The van der Waals surface area contributed by atoms with Crippen molar-refractivity contribution in [1.82, 2.24) is 10.3 Å². The van der Waals surface area contributed by atoms with E-state index in [0.717, 1.165) is 10.9 Å². The third-order valence-corrected chi connectivity index (χ3v) is 2.71. The van der Waals surface area contributed by atoms with Crippen molar-refractivity contribution in [3.8, 4) is 5.75 Å². The number of carbonyl (C=O) groups is 2. The molecule has 6 heteroatoms. The number of H-pyrrole nitrogens is 1. The predicted molar refractivity (Wildman–Crippen MR) is 69.4 cm³/mol. The smallest absolute Gasteiger partial charge is 0.305 e. The third kappa shape index (κ3) is 2.85. The van der Waals surface area contributed by atoms with Crippen LogP contribution in [0.25, 0.3) is 10.9 Å². The summed E-state index contributed by atoms with van der Waals surface area (Å²) in [5.41, 5.74) is 1.17. The van der Waals surface area contributed by atoms with Gasteiger partial charge < -0.3 is 20.1 Å². The Morgan fingerprint density at radius 1 is 1.42 bits per heavy atom. The van der Waals surface area contributed by atoms with Gasteiger partial charge in [-0.05, 0) is 18.2 Å². The van der Waals surface area contributed by atoms with Crippen molar-refractivity contribution >= 4 is 22.8 Å². The van der Waals surface area contributed by atoms with Crippen LogP contribution in [0.4, 0.5) is 0 Å². The summed E-state index contributed by atoms with van der Waals surface area (Å²) >= 11 is 0. The van der Waals surface area contributed by atoms with Gasteiger partial charge in [-0.2, -0.15) is 0 Å². The molecule has 1 amide bonds. The number of rotatable bonds is 5. The molecular formula is C13H14N2O4. The van der Waals surface area contributed by atoms with Crippen molar-refractivity contribution in [2.75, 3.05) is 13.7 Å². The maximum absolute atomic E-state index is 11.8. The van der Waals surface area contributed by atoms with Gasteiger partial charge in [-0.3, -0.25) is 9.59 Å². The van der Waals surface area contributed by atoms with E-state index in [1.165, 1.54) is 0 Å². The lowest BCUT2D eigenvalue weighted by atomic mass is 10.2. The SMILES string of the molecule is COc1cccc2[nH]c(C(=O)NCCC(=O)O)cc12. The van der Waals surface area contributed by atoms with Gasteiger partial charge in [-0.25, -0.2) is 0 Å². The summed E-state index contributed by atoms with van der Waals surface area (Å²) in [6, 6.07) is 7.15. The van der Waals surface area contributed by atoms with Gasteiger partial charge in [0.25, 0.3) is 5.91 Å². The van der Waals surface area contributed by atoms with E-state index < -0.39 is 5.97 Å². The number of carboxylic acid groups (broad SMARTS) is 1. The molecule has 0 aliphatic rings. The predicted octanol–water partition coefficient (Wildman–Crippen LogP) is 1.38. The highest BCUT2D eigenvalue weighted by atomic mass is 16.5. The van der Waals surface area contributed by atoms with Crippen molar-refractivity contribution < 1.29 is 19.4 Å². The Balaban J connectivity index is 2.16. The monoisotopic (exact) mass is 262 g/mol. The number of amides is 1. The molecule has 0 radical (unpaired) electrons. The maximum atomic E-state index is 11.8. The Morgan fingerprint density at radius 3 is 2.89 bits per heavy atom. The summed E-state index contributed by atoms with van der Waals surface area (Å²) in [5, 5.41) is 11.9. The highest BCUT2D eigenvalue weighted by Crippen LogP contribution is 2.25. The molecular weight excluding hydrogens is 248 g/mol. The summed E-state index contributed by atoms with van der Waals surface area (Å²) in [5.74, 6) is -0.601.